The third-order valence-corrected chi connectivity index (χ3v) is 5.06. The van der Waals surface area contributed by atoms with E-state index in [1.807, 2.05) is 6.92 Å². The second-order valence-electron chi connectivity index (χ2n) is 5.22. The number of carbonyl (C=O) groups excluding carboxylic acids is 3. The molecule has 0 bridgehead atoms. The first-order valence-electron chi connectivity index (χ1n) is 7.69. The van der Waals surface area contributed by atoms with Gasteiger partial charge in [0.2, 0.25) is 0 Å². The minimum atomic E-state index is -0.986. The third-order valence-electron chi connectivity index (χ3n) is 3.59. The van der Waals surface area contributed by atoms with E-state index in [-0.39, 0.29) is 4.91 Å². The predicted molar refractivity (Wildman–Crippen MR) is 101 cm³/mol. The van der Waals surface area contributed by atoms with Gasteiger partial charge in [-0.15, -0.1) is 0 Å². The number of thioether (sulfide) groups is 1. The highest BCUT2D eigenvalue weighted by Gasteiger charge is 2.41. The first kappa shape index (κ1) is 20.3. The molecule has 0 aromatic heterocycles. The molecule has 2 amide bonds. The Balaban J connectivity index is 2.36. The molecule has 0 unspecified atom stereocenters. The summed E-state index contributed by atoms with van der Waals surface area (Å²) in [5.41, 5.74) is 0.647. The summed E-state index contributed by atoms with van der Waals surface area (Å²) >= 11 is 4.19. The molecular weight excluding hydrogens is 426 g/mol. The average Bonchev–Trinajstić information content (AvgIpc) is 2.89. The van der Waals surface area contributed by atoms with E-state index in [1.165, 1.54) is 21.1 Å². The van der Waals surface area contributed by atoms with Crippen molar-refractivity contribution in [1.29, 1.82) is 0 Å². The molecule has 1 heterocycles. The van der Waals surface area contributed by atoms with Crippen molar-refractivity contribution in [3.05, 3.63) is 27.1 Å². The summed E-state index contributed by atoms with van der Waals surface area (Å²) in [5.74, 6) is -0.143. The van der Waals surface area contributed by atoms with Gasteiger partial charge in [-0.2, -0.15) is 0 Å². The van der Waals surface area contributed by atoms with Crippen molar-refractivity contribution in [2.75, 3.05) is 20.8 Å². The number of amides is 2. The summed E-state index contributed by atoms with van der Waals surface area (Å²) in [7, 11) is 2.72. The van der Waals surface area contributed by atoms with Gasteiger partial charge < -0.3 is 14.2 Å². The minimum absolute atomic E-state index is 0.212. The van der Waals surface area contributed by atoms with Gasteiger partial charge in [0.05, 0.1) is 30.2 Å². The van der Waals surface area contributed by atoms with Crippen LogP contribution >= 0.6 is 27.7 Å². The maximum atomic E-state index is 12.5. The minimum Gasteiger partial charge on any atom is -0.493 e. The zero-order valence-corrected chi connectivity index (χ0v) is 17.1. The molecule has 2 rings (SSSR count). The summed E-state index contributed by atoms with van der Waals surface area (Å²) in [6.07, 6.45) is 1.57. The van der Waals surface area contributed by atoms with E-state index >= 15 is 0 Å². The van der Waals surface area contributed by atoms with E-state index in [4.69, 9.17) is 9.47 Å². The summed E-state index contributed by atoms with van der Waals surface area (Å²) < 4.78 is 16.1. The predicted octanol–water partition coefficient (Wildman–Crippen LogP) is 3.45. The number of hydrogen-bond donors (Lipinski definition) is 0. The molecule has 0 spiro atoms. The molecule has 1 aliphatic rings. The lowest BCUT2D eigenvalue weighted by Gasteiger charge is -2.18. The van der Waals surface area contributed by atoms with Gasteiger partial charge in [0.1, 0.15) is 6.04 Å². The maximum Gasteiger partial charge on any atom is 0.328 e. The van der Waals surface area contributed by atoms with Crippen molar-refractivity contribution in [2.24, 2.45) is 0 Å². The Morgan fingerprint density at radius 2 is 2.04 bits per heavy atom. The van der Waals surface area contributed by atoms with Crippen molar-refractivity contribution in [3.8, 4) is 11.5 Å². The average molecular weight is 444 g/mol. The number of ether oxygens (including phenoxy) is 3. The molecule has 0 aliphatic carbocycles. The fourth-order valence-corrected chi connectivity index (χ4v) is 3.83. The van der Waals surface area contributed by atoms with Crippen LogP contribution in [0.25, 0.3) is 6.08 Å². The second kappa shape index (κ2) is 8.59. The smallest absolute Gasteiger partial charge is 0.328 e. The van der Waals surface area contributed by atoms with Crippen LogP contribution in [0.3, 0.4) is 0 Å². The number of imide groups is 1. The van der Waals surface area contributed by atoms with Crippen molar-refractivity contribution in [1.82, 2.24) is 4.90 Å². The zero-order chi connectivity index (χ0) is 19.4. The quantitative estimate of drug-likeness (QED) is 0.491. The number of halogens is 1. The highest BCUT2D eigenvalue weighted by molar-refractivity contribution is 9.10. The van der Waals surface area contributed by atoms with Crippen molar-refractivity contribution in [2.45, 2.75) is 19.9 Å². The lowest BCUT2D eigenvalue weighted by Crippen LogP contribution is -2.42. The highest BCUT2D eigenvalue weighted by Crippen LogP contribution is 2.39. The summed E-state index contributed by atoms with van der Waals surface area (Å²) in [4.78, 5) is 37.4. The summed E-state index contributed by atoms with van der Waals surface area (Å²) in [6, 6.07) is 2.47. The van der Waals surface area contributed by atoms with E-state index in [1.54, 1.807) is 18.2 Å². The van der Waals surface area contributed by atoms with Gasteiger partial charge in [-0.05, 0) is 65.3 Å². The number of hydrogen-bond acceptors (Lipinski definition) is 7. The summed E-state index contributed by atoms with van der Waals surface area (Å²) in [5, 5.41) is -0.517. The van der Waals surface area contributed by atoms with Gasteiger partial charge in [-0.1, -0.05) is 0 Å². The van der Waals surface area contributed by atoms with E-state index in [0.717, 1.165) is 16.7 Å². The molecule has 9 heteroatoms. The summed E-state index contributed by atoms with van der Waals surface area (Å²) in [6.45, 7) is 3.78. The van der Waals surface area contributed by atoms with Gasteiger partial charge in [0, 0.05) is 0 Å². The number of benzene rings is 1. The molecule has 26 heavy (non-hydrogen) atoms. The van der Waals surface area contributed by atoms with Crippen LogP contribution < -0.4 is 9.47 Å². The maximum absolute atomic E-state index is 12.5. The monoisotopic (exact) mass is 443 g/mol. The Kier molecular flexibility index (Phi) is 6.71. The van der Waals surface area contributed by atoms with Crippen molar-refractivity contribution < 1.29 is 28.6 Å². The van der Waals surface area contributed by atoms with Gasteiger partial charge in [0.25, 0.3) is 11.1 Å². The van der Waals surface area contributed by atoms with Gasteiger partial charge in [-0.3, -0.25) is 14.5 Å². The molecule has 0 saturated carbocycles. The van der Waals surface area contributed by atoms with E-state index in [2.05, 4.69) is 20.7 Å². The molecular formula is C17H18BrNO6S. The largest absolute Gasteiger partial charge is 0.493 e. The molecule has 7 nitrogen and oxygen atoms in total. The molecule has 1 atom stereocenters. The van der Waals surface area contributed by atoms with Crippen LogP contribution in [0.4, 0.5) is 4.79 Å². The Hall–Kier alpha value is -2.00. The fourth-order valence-electron chi connectivity index (χ4n) is 2.35. The zero-order valence-electron chi connectivity index (χ0n) is 14.7. The molecule has 1 aromatic rings. The number of esters is 1. The van der Waals surface area contributed by atoms with Crippen LogP contribution in [0.1, 0.15) is 19.4 Å². The lowest BCUT2D eigenvalue weighted by atomic mass is 10.1. The molecule has 140 valence electrons. The van der Waals surface area contributed by atoms with Crippen LogP contribution in [0.15, 0.2) is 21.5 Å². The highest BCUT2D eigenvalue weighted by atomic mass is 79.9. The Bertz CT molecular complexity index is 779. The number of nitrogens with zero attached hydrogens (tertiary/aromatic N) is 1. The number of methoxy groups -OCH3 is 2. The van der Waals surface area contributed by atoms with Crippen LogP contribution in [0.2, 0.25) is 0 Å². The van der Waals surface area contributed by atoms with Crippen LogP contribution in [-0.4, -0.2) is 48.9 Å². The van der Waals surface area contributed by atoms with Gasteiger partial charge in [-0.25, -0.2) is 4.79 Å². The molecule has 0 N–H and O–H groups in total. The topological polar surface area (TPSA) is 82.1 Å². The van der Waals surface area contributed by atoms with Crippen molar-refractivity contribution in [3.63, 3.8) is 0 Å². The van der Waals surface area contributed by atoms with Crippen LogP contribution in [0.5, 0.6) is 11.5 Å². The normalized spacial score (nSPS) is 16.8. The molecule has 0 radical (unpaired) electrons. The van der Waals surface area contributed by atoms with E-state index in [9.17, 15) is 14.4 Å². The molecule has 1 saturated heterocycles. The third kappa shape index (κ3) is 4.04. The number of rotatable bonds is 6. The fraction of sp³-hybridized carbons (Fsp3) is 0.353. The SMILES string of the molecule is CCOc1c(Br)cc(/C=C2/SC(=O)N([C@@H](C)C(=O)OC)C2=O)cc1OC. The van der Waals surface area contributed by atoms with Gasteiger partial charge >= 0.3 is 5.97 Å². The van der Waals surface area contributed by atoms with Crippen LogP contribution in [-0.2, 0) is 14.3 Å². The standard InChI is InChI=1S/C17H18BrNO6S/c1-5-25-14-11(18)6-10(7-12(14)23-3)8-13-15(20)19(17(22)26-13)9(2)16(21)24-4/h6-9H,5H2,1-4H3/b13-8+/t9-/m0/s1. The first-order valence-corrected chi connectivity index (χ1v) is 9.30. The van der Waals surface area contributed by atoms with E-state index < -0.39 is 23.2 Å². The Morgan fingerprint density at radius 1 is 1.35 bits per heavy atom. The molecule has 1 aliphatic heterocycles. The van der Waals surface area contributed by atoms with E-state index in [0.29, 0.717) is 28.1 Å². The van der Waals surface area contributed by atoms with Crippen molar-refractivity contribution >= 4 is 50.9 Å². The Morgan fingerprint density at radius 3 is 2.62 bits per heavy atom. The second-order valence-corrected chi connectivity index (χ2v) is 7.07. The Labute approximate surface area is 163 Å². The van der Waals surface area contributed by atoms with Crippen LogP contribution in [0, 0.1) is 0 Å². The lowest BCUT2D eigenvalue weighted by molar-refractivity contribution is -0.148. The first-order chi connectivity index (χ1) is 12.3. The number of carbonyl (C=O) groups is 3. The molecule has 1 fully saturated rings. The van der Waals surface area contributed by atoms with Gasteiger partial charge in [0.15, 0.2) is 11.5 Å². The molecule has 1 aromatic carbocycles.